The summed E-state index contributed by atoms with van der Waals surface area (Å²) >= 11 is 1.26. The third-order valence-corrected chi connectivity index (χ3v) is 3.63. The van der Waals surface area contributed by atoms with Crippen LogP contribution in [0.15, 0.2) is 35.8 Å². The van der Waals surface area contributed by atoms with Gasteiger partial charge >= 0.3 is 6.03 Å². The van der Waals surface area contributed by atoms with E-state index >= 15 is 0 Å². The van der Waals surface area contributed by atoms with Crippen molar-refractivity contribution in [1.29, 1.82) is 0 Å². The number of amides is 2. The number of anilines is 1. The summed E-state index contributed by atoms with van der Waals surface area (Å²) in [6, 6.07) is 9.05. The number of hydrogen-bond acceptors (Lipinski definition) is 5. The number of benzene rings is 1. The van der Waals surface area contributed by atoms with Crippen molar-refractivity contribution >= 4 is 22.5 Å². The van der Waals surface area contributed by atoms with Crippen molar-refractivity contribution < 1.29 is 9.90 Å². The van der Waals surface area contributed by atoms with E-state index in [2.05, 4.69) is 15.5 Å². The first-order valence-electron chi connectivity index (χ1n) is 7.11. The van der Waals surface area contributed by atoms with Crippen molar-refractivity contribution in [3.8, 4) is 0 Å². The highest BCUT2D eigenvalue weighted by molar-refractivity contribution is 7.13. The first-order chi connectivity index (χ1) is 10.6. The van der Waals surface area contributed by atoms with Gasteiger partial charge in [0.05, 0.1) is 12.6 Å². The molecule has 0 aliphatic carbocycles. The van der Waals surface area contributed by atoms with Crippen molar-refractivity contribution in [2.75, 3.05) is 18.4 Å². The second kappa shape index (κ2) is 7.86. The molecular weight excluding hydrogens is 300 g/mol. The van der Waals surface area contributed by atoms with Gasteiger partial charge in [0.1, 0.15) is 5.51 Å². The number of urea groups is 1. The number of aromatic nitrogens is 2. The largest absolute Gasteiger partial charge is 0.387 e. The lowest BCUT2D eigenvalue weighted by atomic mass is 10.1. The molecule has 1 heterocycles. The Hall–Kier alpha value is -1.99. The Kier molecular flexibility index (Phi) is 5.85. The molecule has 0 saturated heterocycles. The number of aliphatic hydroxyl groups is 1. The number of rotatable bonds is 6. The molecule has 7 heteroatoms. The van der Waals surface area contributed by atoms with Crippen molar-refractivity contribution in [3.63, 3.8) is 0 Å². The molecule has 0 spiro atoms. The van der Waals surface area contributed by atoms with Gasteiger partial charge in [0, 0.05) is 6.54 Å². The molecule has 22 heavy (non-hydrogen) atoms. The molecule has 0 radical (unpaired) electrons. The van der Waals surface area contributed by atoms with Gasteiger partial charge < -0.3 is 10.0 Å². The van der Waals surface area contributed by atoms with Crippen LogP contribution in [0, 0.1) is 5.92 Å². The van der Waals surface area contributed by atoms with Crippen LogP contribution in [-0.2, 0) is 0 Å². The predicted octanol–water partition coefficient (Wildman–Crippen LogP) is 2.76. The summed E-state index contributed by atoms with van der Waals surface area (Å²) in [5.41, 5.74) is 2.35. The summed E-state index contributed by atoms with van der Waals surface area (Å²) in [5, 5.41) is 21.0. The molecule has 0 fully saturated rings. The highest BCUT2D eigenvalue weighted by Crippen LogP contribution is 2.16. The Morgan fingerprint density at radius 1 is 1.32 bits per heavy atom. The van der Waals surface area contributed by atoms with Gasteiger partial charge in [-0.15, -0.1) is 10.2 Å². The second-order valence-electron chi connectivity index (χ2n) is 5.40. The normalized spacial score (nSPS) is 12.2. The van der Waals surface area contributed by atoms with Gasteiger partial charge in [0.2, 0.25) is 5.13 Å². The van der Waals surface area contributed by atoms with Crippen LogP contribution >= 0.6 is 11.3 Å². The van der Waals surface area contributed by atoms with Crippen LogP contribution in [0.25, 0.3) is 0 Å². The monoisotopic (exact) mass is 320 g/mol. The van der Waals surface area contributed by atoms with Gasteiger partial charge in [-0.25, -0.2) is 4.79 Å². The van der Waals surface area contributed by atoms with Crippen molar-refractivity contribution in [3.05, 3.63) is 41.4 Å². The second-order valence-corrected chi connectivity index (χ2v) is 6.23. The smallest absolute Gasteiger partial charge is 0.323 e. The fourth-order valence-electron chi connectivity index (χ4n) is 2.07. The van der Waals surface area contributed by atoms with E-state index in [1.54, 1.807) is 10.4 Å². The number of aliphatic hydroxyl groups excluding tert-OH is 1. The molecule has 1 aromatic carbocycles. The number of hydrogen-bond donors (Lipinski definition) is 2. The van der Waals surface area contributed by atoms with Gasteiger partial charge in [-0.05, 0) is 11.5 Å². The highest BCUT2D eigenvalue weighted by Gasteiger charge is 2.20. The molecule has 0 aliphatic heterocycles. The molecule has 2 N–H and O–H groups in total. The molecule has 1 unspecified atom stereocenters. The molecule has 1 atom stereocenters. The number of nitrogens with one attached hydrogen (secondary N) is 1. The van der Waals surface area contributed by atoms with Crippen molar-refractivity contribution in [2.24, 2.45) is 5.92 Å². The minimum atomic E-state index is -0.722. The van der Waals surface area contributed by atoms with Crippen LogP contribution in [0.4, 0.5) is 9.93 Å². The fourth-order valence-corrected chi connectivity index (χ4v) is 2.50. The molecule has 2 rings (SSSR count). The Balaban J connectivity index is 2.03. The summed E-state index contributed by atoms with van der Waals surface area (Å²) in [6.45, 7) is 4.83. The van der Waals surface area contributed by atoms with Crippen LogP contribution in [0.1, 0.15) is 25.5 Å². The zero-order chi connectivity index (χ0) is 15.9. The maximum Gasteiger partial charge on any atom is 0.323 e. The van der Waals surface area contributed by atoms with E-state index < -0.39 is 6.10 Å². The predicted molar refractivity (Wildman–Crippen MR) is 86.7 cm³/mol. The van der Waals surface area contributed by atoms with Gasteiger partial charge in [0.15, 0.2) is 0 Å². The van der Waals surface area contributed by atoms with Crippen LogP contribution in [0.5, 0.6) is 0 Å². The molecule has 118 valence electrons. The molecule has 1 aromatic heterocycles. The molecular formula is C15H20N4O2S. The van der Waals surface area contributed by atoms with E-state index in [0.29, 0.717) is 17.6 Å². The lowest BCUT2D eigenvalue weighted by Gasteiger charge is -2.26. The van der Waals surface area contributed by atoms with E-state index in [9.17, 15) is 9.90 Å². The van der Waals surface area contributed by atoms with Gasteiger partial charge in [-0.1, -0.05) is 55.5 Å². The zero-order valence-electron chi connectivity index (χ0n) is 12.6. The lowest BCUT2D eigenvalue weighted by molar-refractivity contribution is 0.121. The third-order valence-electron chi connectivity index (χ3n) is 3.02. The third kappa shape index (κ3) is 4.78. The zero-order valence-corrected chi connectivity index (χ0v) is 13.5. The molecule has 2 amide bonds. The Bertz CT molecular complexity index is 574. The first kappa shape index (κ1) is 16.4. The van der Waals surface area contributed by atoms with E-state index in [0.717, 1.165) is 5.56 Å². The minimum Gasteiger partial charge on any atom is -0.387 e. The van der Waals surface area contributed by atoms with Crippen molar-refractivity contribution in [1.82, 2.24) is 15.1 Å². The summed E-state index contributed by atoms with van der Waals surface area (Å²) in [6.07, 6.45) is -0.722. The Labute approximate surface area is 133 Å². The van der Waals surface area contributed by atoms with Gasteiger partial charge in [0.25, 0.3) is 0 Å². The summed E-state index contributed by atoms with van der Waals surface area (Å²) in [5.74, 6) is 0.295. The van der Waals surface area contributed by atoms with E-state index in [1.165, 1.54) is 11.3 Å². The van der Waals surface area contributed by atoms with Gasteiger partial charge in [-0.3, -0.25) is 5.32 Å². The van der Waals surface area contributed by atoms with Crippen LogP contribution in [0.3, 0.4) is 0 Å². The Morgan fingerprint density at radius 3 is 2.64 bits per heavy atom. The summed E-state index contributed by atoms with van der Waals surface area (Å²) < 4.78 is 0. The summed E-state index contributed by atoms with van der Waals surface area (Å²) in [4.78, 5) is 14.0. The first-order valence-corrected chi connectivity index (χ1v) is 7.99. The number of carbonyl (C=O) groups is 1. The average Bonchev–Trinajstić information content (AvgIpc) is 2.99. The summed E-state index contributed by atoms with van der Waals surface area (Å²) in [7, 11) is 0. The minimum absolute atomic E-state index is 0.229. The molecule has 0 aliphatic rings. The fraction of sp³-hybridized carbons (Fsp3) is 0.400. The average molecular weight is 320 g/mol. The molecule has 0 bridgehead atoms. The Morgan fingerprint density at radius 2 is 2.05 bits per heavy atom. The maximum atomic E-state index is 12.4. The maximum absolute atomic E-state index is 12.4. The SMILES string of the molecule is CC(C)CN(CC(O)c1ccccc1)C(=O)Nc1nncs1. The van der Waals surface area contributed by atoms with Gasteiger partial charge in [-0.2, -0.15) is 0 Å². The van der Waals surface area contributed by atoms with Crippen LogP contribution in [0.2, 0.25) is 0 Å². The molecule has 0 saturated carbocycles. The quantitative estimate of drug-likeness (QED) is 0.858. The highest BCUT2D eigenvalue weighted by atomic mass is 32.1. The lowest BCUT2D eigenvalue weighted by Crippen LogP contribution is -2.40. The number of nitrogens with zero attached hydrogens (tertiary/aromatic N) is 3. The number of carbonyl (C=O) groups excluding carboxylic acids is 1. The van der Waals surface area contributed by atoms with E-state index in [-0.39, 0.29) is 12.6 Å². The van der Waals surface area contributed by atoms with Crippen molar-refractivity contribution in [2.45, 2.75) is 20.0 Å². The van der Waals surface area contributed by atoms with Crippen LogP contribution in [-0.4, -0.2) is 39.3 Å². The molecule has 2 aromatic rings. The topological polar surface area (TPSA) is 78.4 Å². The standard InChI is InChI=1S/C15H20N4O2S/c1-11(2)8-19(15(21)17-14-18-16-10-22-14)9-13(20)12-6-4-3-5-7-12/h3-7,10-11,13,20H,8-9H2,1-2H3,(H,17,18,21). The van der Waals surface area contributed by atoms with E-state index in [1.807, 2.05) is 44.2 Å². The van der Waals surface area contributed by atoms with Crippen LogP contribution < -0.4 is 5.32 Å². The van der Waals surface area contributed by atoms with E-state index in [4.69, 9.17) is 0 Å². The molecule has 6 nitrogen and oxygen atoms in total.